The Morgan fingerprint density at radius 3 is 1.08 bits per heavy atom. The van der Waals surface area contributed by atoms with Crippen molar-refractivity contribution in [2.45, 2.75) is 12.4 Å². The number of fused-ring (bicyclic) bond motifs is 2. The summed E-state index contributed by atoms with van der Waals surface area (Å²) < 4.78 is 89.3. The number of alkyl halides is 6. The Kier molecular flexibility index (Phi) is 4.85. The highest BCUT2D eigenvalue weighted by molar-refractivity contribution is 6.20. The summed E-state index contributed by atoms with van der Waals surface area (Å²) in [5, 5.41) is -2.68. The molecule has 5 aromatic rings. The van der Waals surface area contributed by atoms with E-state index in [4.69, 9.17) is 0 Å². The van der Waals surface area contributed by atoms with E-state index in [1.807, 2.05) is 0 Å². The monoisotopic (exact) mass is 506 g/mol. The molecule has 0 aliphatic heterocycles. The number of hydrogen-bond donors (Lipinski definition) is 0. The van der Waals surface area contributed by atoms with Gasteiger partial charge < -0.3 is 8.83 Å². The average molecular weight is 506 g/mol. The van der Waals surface area contributed by atoms with Gasteiger partial charge in [-0.3, -0.25) is 0 Å². The molecule has 182 valence electrons. The van der Waals surface area contributed by atoms with Gasteiger partial charge in [-0.25, -0.2) is 19.2 Å². The molecule has 0 saturated heterocycles. The fraction of sp³-hybridized carbons (Fsp3) is 0.0833. The molecule has 5 rings (SSSR count). The van der Waals surface area contributed by atoms with E-state index in [1.165, 1.54) is 0 Å². The van der Waals surface area contributed by atoms with Crippen molar-refractivity contribution in [1.29, 1.82) is 0 Å². The van der Waals surface area contributed by atoms with Crippen LogP contribution in [0.25, 0.3) is 43.8 Å². The van der Waals surface area contributed by atoms with Crippen molar-refractivity contribution in [2.75, 3.05) is 0 Å². The maximum Gasteiger partial charge on any atom is 0.416 e. The van der Waals surface area contributed by atoms with Crippen LogP contribution in [0.1, 0.15) is 11.1 Å². The summed E-state index contributed by atoms with van der Waals surface area (Å²) in [6, 6.07) is 6.76. The van der Waals surface area contributed by atoms with Crippen LogP contribution in [0.15, 0.2) is 76.5 Å². The first kappa shape index (κ1) is 23.3. The lowest BCUT2D eigenvalue weighted by atomic mass is 9.88. The van der Waals surface area contributed by atoms with Crippen LogP contribution in [0.3, 0.4) is 0 Å². The third-order valence-corrected chi connectivity index (χ3v) is 5.64. The summed E-state index contributed by atoms with van der Waals surface area (Å²) in [5.74, 6) is 0. The summed E-state index contributed by atoms with van der Waals surface area (Å²) >= 11 is 0. The van der Waals surface area contributed by atoms with Crippen molar-refractivity contribution < 1.29 is 35.2 Å². The van der Waals surface area contributed by atoms with E-state index in [1.54, 1.807) is 0 Å². The summed E-state index contributed by atoms with van der Waals surface area (Å²) in [4.78, 5) is 50.7. The predicted molar refractivity (Wildman–Crippen MR) is 114 cm³/mol. The number of furan rings is 2. The summed E-state index contributed by atoms with van der Waals surface area (Å²) in [6.07, 6.45) is -9.65. The van der Waals surface area contributed by atoms with Crippen molar-refractivity contribution >= 4 is 21.5 Å². The third-order valence-electron chi connectivity index (χ3n) is 5.64. The highest BCUT2D eigenvalue weighted by Gasteiger charge is 2.34. The Bertz CT molecular complexity index is 1680. The normalized spacial score (nSPS) is 12.6. The summed E-state index contributed by atoms with van der Waals surface area (Å²) in [7, 11) is 0. The summed E-state index contributed by atoms with van der Waals surface area (Å²) in [6.45, 7) is 0. The molecule has 0 aliphatic carbocycles. The zero-order valence-electron chi connectivity index (χ0n) is 17.3. The van der Waals surface area contributed by atoms with Crippen LogP contribution in [-0.2, 0) is 12.4 Å². The van der Waals surface area contributed by atoms with Crippen LogP contribution in [0.4, 0.5) is 26.3 Å². The van der Waals surface area contributed by atoms with Gasteiger partial charge in [-0.2, -0.15) is 26.3 Å². The SMILES string of the molecule is O=c1oc(=O)c2c(-c3cccc(C(F)(F)F)c3)c3c(=O)oc(=O)c3c(-c3cccc(C(F)(F)F)c3)c12. The molecule has 0 spiro atoms. The molecule has 3 aromatic carbocycles. The molecule has 0 radical (unpaired) electrons. The van der Waals surface area contributed by atoms with Crippen molar-refractivity contribution in [1.82, 2.24) is 0 Å². The lowest BCUT2D eigenvalue weighted by Gasteiger charge is -2.13. The zero-order chi connectivity index (χ0) is 26.2. The van der Waals surface area contributed by atoms with E-state index in [2.05, 4.69) is 8.83 Å². The minimum absolute atomic E-state index is 0.369. The van der Waals surface area contributed by atoms with E-state index >= 15 is 0 Å². The first-order chi connectivity index (χ1) is 16.8. The minimum Gasteiger partial charge on any atom is -0.386 e. The van der Waals surface area contributed by atoms with Crippen molar-refractivity contribution in [3.8, 4) is 22.3 Å². The van der Waals surface area contributed by atoms with Crippen LogP contribution >= 0.6 is 0 Å². The molecule has 2 heterocycles. The van der Waals surface area contributed by atoms with E-state index in [-0.39, 0.29) is 11.1 Å². The standard InChI is InChI=1S/C24H8F6O6/c25-23(26,27)11-5-1-3-9(7-11)13-15-17(21(33)35-19(15)31)14(18-16(13)20(32)36-22(18)34)10-4-2-6-12(8-10)24(28,29)30/h1-8H. The minimum atomic E-state index is -4.83. The Hall–Kier alpha value is -4.48. The molecule has 0 atom stereocenters. The molecule has 0 bridgehead atoms. The van der Waals surface area contributed by atoms with E-state index in [9.17, 15) is 45.5 Å². The molecular formula is C24H8F6O6. The van der Waals surface area contributed by atoms with Crippen LogP contribution in [-0.4, -0.2) is 0 Å². The van der Waals surface area contributed by atoms with Crippen LogP contribution in [0, 0.1) is 0 Å². The lowest BCUT2D eigenvalue weighted by Crippen LogP contribution is -2.07. The van der Waals surface area contributed by atoms with Gasteiger partial charge in [0.25, 0.3) is 0 Å². The Balaban J connectivity index is 2.03. The Morgan fingerprint density at radius 2 is 0.806 bits per heavy atom. The predicted octanol–water partition coefficient (Wildman–Crippen LogP) is 4.87. The number of benzene rings is 3. The molecule has 0 saturated carbocycles. The fourth-order valence-electron chi connectivity index (χ4n) is 4.22. The quantitative estimate of drug-likeness (QED) is 0.317. The molecule has 6 nitrogen and oxygen atoms in total. The van der Waals surface area contributed by atoms with Crippen LogP contribution in [0.5, 0.6) is 0 Å². The topological polar surface area (TPSA) is 94.6 Å². The molecule has 0 N–H and O–H groups in total. The van der Waals surface area contributed by atoms with Gasteiger partial charge in [-0.05, 0) is 35.4 Å². The van der Waals surface area contributed by atoms with E-state index in [0.29, 0.717) is 24.3 Å². The highest BCUT2D eigenvalue weighted by atomic mass is 19.4. The van der Waals surface area contributed by atoms with Crippen LogP contribution in [0.2, 0.25) is 0 Å². The first-order valence-electron chi connectivity index (χ1n) is 9.91. The maximum absolute atomic E-state index is 13.3. The van der Waals surface area contributed by atoms with Gasteiger partial charge in [0.05, 0.1) is 32.7 Å². The van der Waals surface area contributed by atoms with Gasteiger partial charge in [0.15, 0.2) is 0 Å². The second-order valence-corrected chi connectivity index (χ2v) is 7.76. The molecule has 0 fully saturated rings. The van der Waals surface area contributed by atoms with Gasteiger partial charge >= 0.3 is 34.9 Å². The van der Waals surface area contributed by atoms with Crippen molar-refractivity contribution in [3.05, 3.63) is 101 Å². The zero-order valence-corrected chi connectivity index (χ0v) is 17.3. The Morgan fingerprint density at radius 1 is 0.500 bits per heavy atom. The first-order valence-corrected chi connectivity index (χ1v) is 9.91. The number of rotatable bonds is 2. The average Bonchev–Trinajstić information content (AvgIpc) is 3.26. The molecule has 2 aromatic heterocycles. The molecular weight excluding hydrogens is 498 g/mol. The molecule has 0 unspecified atom stereocenters. The van der Waals surface area contributed by atoms with E-state index in [0.717, 1.165) is 24.3 Å². The third kappa shape index (κ3) is 3.44. The molecule has 12 heteroatoms. The maximum atomic E-state index is 13.3. The summed E-state index contributed by atoms with van der Waals surface area (Å²) in [5.41, 5.74) is -9.56. The largest absolute Gasteiger partial charge is 0.416 e. The fourth-order valence-corrected chi connectivity index (χ4v) is 4.22. The van der Waals surface area contributed by atoms with Gasteiger partial charge in [0.1, 0.15) is 0 Å². The van der Waals surface area contributed by atoms with Gasteiger partial charge in [-0.1, -0.05) is 24.3 Å². The highest BCUT2D eigenvalue weighted by Crippen LogP contribution is 2.42. The van der Waals surface area contributed by atoms with Gasteiger partial charge in [0, 0.05) is 11.1 Å². The Labute approximate surface area is 193 Å². The number of hydrogen-bond acceptors (Lipinski definition) is 6. The molecule has 0 aliphatic rings. The molecule has 0 amide bonds. The smallest absolute Gasteiger partial charge is 0.386 e. The molecule has 36 heavy (non-hydrogen) atoms. The number of halogens is 6. The van der Waals surface area contributed by atoms with Gasteiger partial charge in [0.2, 0.25) is 0 Å². The second-order valence-electron chi connectivity index (χ2n) is 7.76. The van der Waals surface area contributed by atoms with Crippen molar-refractivity contribution in [2.24, 2.45) is 0 Å². The second kappa shape index (κ2) is 7.51. The van der Waals surface area contributed by atoms with Gasteiger partial charge in [-0.15, -0.1) is 0 Å². The van der Waals surface area contributed by atoms with Crippen LogP contribution < -0.4 is 22.5 Å². The van der Waals surface area contributed by atoms with Crippen molar-refractivity contribution in [3.63, 3.8) is 0 Å². The van der Waals surface area contributed by atoms with E-state index < -0.39 is 78.7 Å². The lowest BCUT2D eigenvalue weighted by molar-refractivity contribution is -0.138.